The predicted molar refractivity (Wildman–Crippen MR) is 101 cm³/mol. The minimum Gasteiger partial charge on any atom is -0.340 e. The molecule has 1 unspecified atom stereocenters. The van der Waals surface area contributed by atoms with Crippen LogP contribution in [0.15, 0.2) is 54.7 Å². The van der Waals surface area contributed by atoms with Gasteiger partial charge < -0.3 is 15.6 Å². The van der Waals surface area contributed by atoms with Crippen LogP contribution in [0.1, 0.15) is 18.8 Å². The summed E-state index contributed by atoms with van der Waals surface area (Å²) in [7, 11) is 0. The van der Waals surface area contributed by atoms with Gasteiger partial charge in [-0.05, 0) is 30.7 Å². The van der Waals surface area contributed by atoms with Crippen molar-refractivity contribution in [2.45, 2.75) is 13.0 Å². The molecule has 1 heterocycles. The average molecular weight is 375 g/mol. The van der Waals surface area contributed by atoms with Crippen LogP contribution in [0.25, 0.3) is 11.3 Å². The normalized spacial score (nSPS) is 11.8. The maximum atomic E-state index is 12.2. The van der Waals surface area contributed by atoms with Crippen molar-refractivity contribution >= 4 is 34.9 Å². The van der Waals surface area contributed by atoms with Gasteiger partial charge >= 0.3 is 6.03 Å². The third kappa shape index (κ3) is 4.32. The summed E-state index contributed by atoms with van der Waals surface area (Å²) >= 11 is 12.0. The maximum absolute atomic E-state index is 12.2. The number of anilines is 1. The summed E-state index contributed by atoms with van der Waals surface area (Å²) in [5.41, 5.74) is 2.37. The van der Waals surface area contributed by atoms with Gasteiger partial charge in [-0.2, -0.15) is 0 Å². The fourth-order valence-corrected chi connectivity index (χ4v) is 2.67. The number of carbonyl (C=O) groups excluding carboxylic acids is 1. The summed E-state index contributed by atoms with van der Waals surface area (Å²) in [6, 6.07) is 14.0. The number of nitrogens with one attached hydrogen (secondary N) is 3. The number of benzene rings is 2. The zero-order valence-electron chi connectivity index (χ0n) is 13.4. The van der Waals surface area contributed by atoms with Crippen LogP contribution in [-0.4, -0.2) is 16.0 Å². The molecule has 1 aromatic heterocycles. The second-order valence-electron chi connectivity index (χ2n) is 5.49. The standard InChI is InChI=1S/C18H16Cl2N4O/c1-11(17-21-10-16(23-17)12-5-3-2-4-6-12)22-18(25)24-15-9-13(19)7-8-14(15)20/h2-11H,1H3,(H,21,23)(H2,22,24,25). The highest BCUT2D eigenvalue weighted by molar-refractivity contribution is 6.35. The van der Waals surface area contributed by atoms with Crippen LogP contribution in [0.4, 0.5) is 10.5 Å². The first-order chi connectivity index (χ1) is 12.0. The molecular formula is C18H16Cl2N4O. The van der Waals surface area contributed by atoms with Gasteiger partial charge in [0.25, 0.3) is 0 Å². The molecule has 0 saturated carbocycles. The summed E-state index contributed by atoms with van der Waals surface area (Å²) in [6.07, 6.45) is 1.74. The van der Waals surface area contributed by atoms with Gasteiger partial charge in [-0.1, -0.05) is 53.5 Å². The highest BCUT2D eigenvalue weighted by Gasteiger charge is 2.14. The van der Waals surface area contributed by atoms with Gasteiger partial charge in [0.15, 0.2) is 0 Å². The molecule has 0 saturated heterocycles. The Hall–Kier alpha value is -2.50. The van der Waals surface area contributed by atoms with E-state index in [2.05, 4.69) is 20.6 Å². The molecule has 0 bridgehead atoms. The number of nitrogens with zero attached hydrogens (tertiary/aromatic N) is 1. The minimum absolute atomic E-state index is 0.310. The monoisotopic (exact) mass is 374 g/mol. The molecule has 7 heteroatoms. The highest BCUT2D eigenvalue weighted by Crippen LogP contribution is 2.25. The van der Waals surface area contributed by atoms with Crippen LogP contribution in [-0.2, 0) is 0 Å². The first kappa shape index (κ1) is 17.3. The number of hydrogen-bond acceptors (Lipinski definition) is 2. The Kier molecular flexibility index (Phi) is 5.26. The van der Waals surface area contributed by atoms with Gasteiger partial charge in [0.1, 0.15) is 5.82 Å². The third-order valence-electron chi connectivity index (χ3n) is 3.61. The van der Waals surface area contributed by atoms with Gasteiger partial charge in [-0.25, -0.2) is 9.78 Å². The Balaban J connectivity index is 1.66. The molecule has 0 aliphatic rings. The van der Waals surface area contributed by atoms with E-state index >= 15 is 0 Å². The number of aromatic amines is 1. The molecule has 2 amide bonds. The molecule has 0 aliphatic carbocycles. The number of imidazole rings is 1. The lowest BCUT2D eigenvalue weighted by atomic mass is 10.2. The third-order valence-corrected chi connectivity index (χ3v) is 4.18. The number of carbonyl (C=O) groups is 1. The van der Waals surface area contributed by atoms with Gasteiger partial charge in [-0.3, -0.25) is 0 Å². The molecule has 3 rings (SSSR count). The molecule has 3 aromatic rings. The van der Waals surface area contributed by atoms with E-state index in [4.69, 9.17) is 23.2 Å². The molecular weight excluding hydrogens is 359 g/mol. The van der Waals surface area contributed by atoms with E-state index in [1.54, 1.807) is 24.4 Å². The topological polar surface area (TPSA) is 69.8 Å². The van der Waals surface area contributed by atoms with E-state index in [1.807, 2.05) is 37.3 Å². The molecule has 0 radical (unpaired) electrons. The molecule has 2 aromatic carbocycles. The quantitative estimate of drug-likeness (QED) is 0.582. The lowest BCUT2D eigenvalue weighted by Gasteiger charge is -2.13. The number of hydrogen-bond donors (Lipinski definition) is 3. The Morgan fingerprint density at radius 1 is 1.16 bits per heavy atom. The lowest BCUT2D eigenvalue weighted by molar-refractivity contribution is 0.249. The van der Waals surface area contributed by atoms with Crippen LogP contribution in [0.5, 0.6) is 0 Å². The second-order valence-corrected chi connectivity index (χ2v) is 6.34. The Labute approximate surface area is 155 Å². The molecule has 0 aliphatic heterocycles. The van der Waals surface area contributed by atoms with E-state index in [9.17, 15) is 4.79 Å². The number of rotatable bonds is 4. The smallest absolute Gasteiger partial charge is 0.319 e. The second kappa shape index (κ2) is 7.59. The number of urea groups is 1. The number of aromatic nitrogens is 2. The van der Waals surface area contributed by atoms with Crippen molar-refractivity contribution in [3.8, 4) is 11.3 Å². The van der Waals surface area contributed by atoms with Gasteiger partial charge in [0.05, 0.1) is 28.6 Å². The Morgan fingerprint density at radius 3 is 2.68 bits per heavy atom. The zero-order valence-corrected chi connectivity index (χ0v) is 14.9. The summed E-state index contributed by atoms with van der Waals surface area (Å²) in [6.45, 7) is 1.84. The van der Waals surface area contributed by atoms with E-state index in [0.29, 0.717) is 21.6 Å². The summed E-state index contributed by atoms with van der Waals surface area (Å²) < 4.78 is 0. The van der Waals surface area contributed by atoms with E-state index in [0.717, 1.165) is 11.3 Å². The van der Waals surface area contributed by atoms with E-state index < -0.39 is 6.03 Å². The summed E-state index contributed by atoms with van der Waals surface area (Å²) in [5.74, 6) is 0.659. The van der Waals surface area contributed by atoms with Crippen LogP contribution < -0.4 is 10.6 Å². The predicted octanol–water partition coefficient (Wildman–Crippen LogP) is 5.27. The zero-order chi connectivity index (χ0) is 17.8. The van der Waals surface area contributed by atoms with E-state index in [-0.39, 0.29) is 6.04 Å². The van der Waals surface area contributed by atoms with Gasteiger partial charge in [0, 0.05) is 5.02 Å². The van der Waals surface area contributed by atoms with Gasteiger partial charge in [-0.15, -0.1) is 0 Å². The summed E-state index contributed by atoms with van der Waals surface area (Å²) in [5, 5.41) is 6.40. The van der Waals surface area contributed by atoms with Crippen molar-refractivity contribution < 1.29 is 4.79 Å². The van der Waals surface area contributed by atoms with Crippen molar-refractivity contribution in [1.82, 2.24) is 15.3 Å². The summed E-state index contributed by atoms with van der Waals surface area (Å²) in [4.78, 5) is 19.7. The molecule has 1 atom stereocenters. The van der Waals surface area contributed by atoms with Crippen molar-refractivity contribution in [3.05, 3.63) is 70.6 Å². The Morgan fingerprint density at radius 2 is 1.92 bits per heavy atom. The molecule has 0 spiro atoms. The van der Waals surface area contributed by atoms with Gasteiger partial charge in [0.2, 0.25) is 0 Å². The molecule has 128 valence electrons. The Bertz CT molecular complexity index is 880. The SMILES string of the molecule is CC(NC(=O)Nc1cc(Cl)ccc1Cl)c1ncc(-c2ccccc2)[nH]1. The van der Waals surface area contributed by atoms with Crippen molar-refractivity contribution in [3.63, 3.8) is 0 Å². The van der Waals surface area contributed by atoms with Crippen LogP contribution in [0.2, 0.25) is 10.0 Å². The first-order valence-corrected chi connectivity index (χ1v) is 8.41. The number of amides is 2. The van der Waals surface area contributed by atoms with Crippen molar-refractivity contribution in [2.75, 3.05) is 5.32 Å². The number of halogens is 2. The molecule has 5 nitrogen and oxygen atoms in total. The fourth-order valence-electron chi connectivity index (χ4n) is 2.34. The van der Waals surface area contributed by atoms with Crippen LogP contribution >= 0.6 is 23.2 Å². The first-order valence-electron chi connectivity index (χ1n) is 7.66. The highest BCUT2D eigenvalue weighted by atomic mass is 35.5. The molecule has 0 fully saturated rings. The number of H-pyrrole nitrogens is 1. The van der Waals surface area contributed by atoms with Crippen LogP contribution in [0, 0.1) is 0 Å². The lowest BCUT2D eigenvalue weighted by Crippen LogP contribution is -2.31. The van der Waals surface area contributed by atoms with Crippen molar-refractivity contribution in [1.29, 1.82) is 0 Å². The van der Waals surface area contributed by atoms with Crippen molar-refractivity contribution in [2.24, 2.45) is 0 Å². The fraction of sp³-hybridized carbons (Fsp3) is 0.111. The largest absolute Gasteiger partial charge is 0.340 e. The molecule has 3 N–H and O–H groups in total. The maximum Gasteiger partial charge on any atom is 0.319 e. The average Bonchev–Trinajstić information content (AvgIpc) is 3.09. The minimum atomic E-state index is -0.394. The van der Waals surface area contributed by atoms with E-state index in [1.165, 1.54) is 0 Å². The van der Waals surface area contributed by atoms with Crippen LogP contribution in [0.3, 0.4) is 0 Å². The molecule has 25 heavy (non-hydrogen) atoms.